The van der Waals surface area contributed by atoms with Gasteiger partial charge >= 0.3 is 0 Å². The lowest BCUT2D eigenvalue weighted by atomic mass is 10.6. The molecule has 1 heterocycles. The van der Waals surface area contributed by atoms with Gasteiger partial charge < -0.3 is 0 Å². The molecule has 0 amide bonds. The van der Waals surface area contributed by atoms with Crippen LogP contribution in [0.25, 0.3) is 0 Å². The van der Waals surface area contributed by atoms with Crippen LogP contribution in [-0.4, -0.2) is 18.6 Å². The van der Waals surface area contributed by atoms with Crippen LogP contribution in [0, 0.1) is 0 Å². The third-order valence-electron chi connectivity index (χ3n) is 0.772. The molecule has 0 N–H and O–H groups in total. The predicted octanol–water partition coefficient (Wildman–Crippen LogP) is 0.531. The second kappa shape index (κ2) is 1.72. The highest BCUT2D eigenvalue weighted by Gasteiger charge is 2.04. The molecule has 0 unspecified atom stereocenters. The molecule has 0 bridgehead atoms. The normalized spacial score (nSPS) is 20.3. The van der Waals surface area contributed by atoms with Crippen molar-refractivity contribution in [1.82, 2.24) is 10.4 Å². The molecule has 3 heteroatoms. The maximum absolute atomic E-state index is 5.53. The number of hydrogen-bond donors (Lipinski definition) is 0. The lowest BCUT2D eigenvalue weighted by Crippen LogP contribution is -2.15. The van der Waals surface area contributed by atoms with Crippen LogP contribution in [0.4, 0.5) is 0 Å². The first-order chi connectivity index (χ1) is 3.29. The van der Waals surface area contributed by atoms with Gasteiger partial charge in [-0.15, -0.1) is 5.43 Å². The quantitative estimate of drug-likeness (QED) is 0.453. The van der Waals surface area contributed by atoms with Crippen molar-refractivity contribution < 1.29 is 0 Å². The third-order valence-corrected chi connectivity index (χ3v) is 0.989. The van der Waals surface area contributed by atoms with Crippen LogP contribution in [0.2, 0.25) is 0 Å². The Bertz CT molecular complexity index is 99.9. The molecular formula is C4H6ClN2. The van der Waals surface area contributed by atoms with Gasteiger partial charge in [-0.1, -0.05) is 11.6 Å². The molecule has 0 fully saturated rings. The average Bonchev–Trinajstić information content (AvgIpc) is 1.87. The molecule has 1 aliphatic heterocycles. The van der Waals surface area contributed by atoms with Gasteiger partial charge in [0.1, 0.15) is 0 Å². The number of hydrogen-bond acceptors (Lipinski definition) is 1. The average molecular weight is 118 g/mol. The van der Waals surface area contributed by atoms with Crippen molar-refractivity contribution in [1.29, 1.82) is 0 Å². The predicted molar refractivity (Wildman–Crippen MR) is 28.7 cm³/mol. The zero-order chi connectivity index (χ0) is 5.28. The van der Waals surface area contributed by atoms with Gasteiger partial charge in [0, 0.05) is 13.2 Å². The molecule has 0 saturated carbocycles. The van der Waals surface area contributed by atoms with Gasteiger partial charge in [-0.3, -0.25) is 5.01 Å². The molecular weight excluding hydrogens is 112 g/mol. The summed E-state index contributed by atoms with van der Waals surface area (Å²) < 4.78 is 0. The van der Waals surface area contributed by atoms with Gasteiger partial charge in [0.05, 0.1) is 11.6 Å². The number of nitrogens with zero attached hydrogens (tertiary/aromatic N) is 2. The number of halogens is 1. The molecule has 0 aromatic rings. The van der Waals surface area contributed by atoms with Gasteiger partial charge in [-0.25, -0.2) is 0 Å². The maximum atomic E-state index is 5.53. The van der Waals surface area contributed by atoms with E-state index in [2.05, 4.69) is 5.43 Å². The Labute approximate surface area is 47.7 Å². The first-order valence-electron chi connectivity index (χ1n) is 2.05. The second-order valence-corrected chi connectivity index (χ2v) is 1.93. The van der Waals surface area contributed by atoms with Crippen LogP contribution in [0.3, 0.4) is 0 Å². The fourth-order valence-corrected chi connectivity index (χ4v) is 0.658. The van der Waals surface area contributed by atoms with E-state index in [9.17, 15) is 0 Å². The molecule has 0 aromatic carbocycles. The molecule has 0 spiro atoms. The molecule has 7 heavy (non-hydrogen) atoms. The zero-order valence-electron chi connectivity index (χ0n) is 4.06. The first kappa shape index (κ1) is 4.94. The minimum atomic E-state index is 0.651. The maximum Gasteiger partial charge on any atom is 0.0733 e. The van der Waals surface area contributed by atoms with Gasteiger partial charge in [-0.2, -0.15) is 0 Å². The molecule has 0 atom stereocenters. The van der Waals surface area contributed by atoms with E-state index in [0.717, 1.165) is 5.03 Å². The Kier molecular flexibility index (Phi) is 1.21. The van der Waals surface area contributed by atoms with E-state index in [0.29, 0.717) is 6.54 Å². The lowest BCUT2D eigenvalue weighted by molar-refractivity contribution is 0.363. The molecule has 1 aliphatic rings. The number of rotatable bonds is 0. The van der Waals surface area contributed by atoms with Gasteiger partial charge in [0.25, 0.3) is 0 Å². The summed E-state index contributed by atoms with van der Waals surface area (Å²) in [6, 6.07) is 0. The summed E-state index contributed by atoms with van der Waals surface area (Å²) in [5.41, 5.74) is 3.93. The topological polar surface area (TPSA) is 17.3 Å². The van der Waals surface area contributed by atoms with E-state index in [4.69, 9.17) is 11.6 Å². The van der Waals surface area contributed by atoms with Crippen molar-refractivity contribution in [2.24, 2.45) is 0 Å². The van der Waals surface area contributed by atoms with E-state index in [1.807, 2.05) is 7.05 Å². The van der Waals surface area contributed by atoms with Crippen molar-refractivity contribution in [2.45, 2.75) is 0 Å². The summed E-state index contributed by atoms with van der Waals surface area (Å²) >= 11 is 5.53. The van der Waals surface area contributed by atoms with Crippen molar-refractivity contribution >= 4 is 11.6 Å². The fraction of sp³-hybridized carbons (Fsp3) is 0.500. The third kappa shape index (κ3) is 1.08. The van der Waals surface area contributed by atoms with Gasteiger partial charge in [-0.05, 0) is 0 Å². The van der Waals surface area contributed by atoms with E-state index in [-0.39, 0.29) is 0 Å². The second-order valence-electron chi connectivity index (χ2n) is 1.45. The standard InChI is InChI=1S/C4H6ClN2/c1-7-3-4(5)2-6-7/h3H,2H2,1H3. The first-order valence-corrected chi connectivity index (χ1v) is 2.43. The fourth-order valence-electron chi connectivity index (χ4n) is 0.463. The Morgan fingerprint density at radius 1 is 2.00 bits per heavy atom. The van der Waals surface area contributed by atoms with Crippen LogP contribution in [0.1, 0.15) is 0 Å². The van der Waals surface area contributed by atoms with Gasteiger partial charge in [0.2, 0.25) is 0 Å². The van der Waals surface area contributed by atoms with E-state index in [1.54, 1.807) is 11.2 Å². The van der Waals surface area contributed by atoms with E-state index in [1.165, 1.54) is 0 Å². The molecule has 0 saturated heterocycles. The van der Waals surface area contributed by atoms with Crippen molar-refractivity contribution in [3.63, 3.8) is 0 Å². The highest BCUT2D eigenvalue weighted by molar-refractivity contribution is 6.29. The highest BCUT2D eigenvalue weighted by Crippen LogP contribution is 2.06. The van der Waals surface area contributed by atoms with Crippen LogP contribution in [0.5, 0.6) is 0 Å². The van der Waals surface area contributed by atoms with E-state index >= 15 is 0 Å². The minimum absolute atomic E-state index is 0.651. The summed E-state index contributed by atoms with van der Waals surface area (Å²) in [5, 5.41) is 2.52. The molecule has 0 aliphatic carbocycles. The largest absolute Gasteiger partial charge is 0.300 e. The Hall–Kier alpha value is -0.210. The molecule has 1 radical (unpaired) electrons. The molecule has 39 valence electrons. The van der Waals surface area contributed by atoms with Crippen molar-refractivity contribution in [3.8, 4) is 0 Å². The summed E-state index contributed by atoms with van der Waals surface area (Å²) in [7, 11) is 1.86. The summed E-state index contributed by atoms with van der Waals surface area (Å²) in [5.74, 6) is 0. The molecule has 0 aromatic heterocycles. The van der Waals surface area contributed by atoms with Crippen LogP contribution >= 0.6 is 11.6 Å². The monoisotopic (exact) mass is 117 g/mol. The van der Waals surface area contributed by atoms with E-state index < -0.39 is 0 Å². The molecule has 2 nitrogen and oxygen atoms in total. The summed E-state index contributed by atoms with van der Waals surface area (Å²) in [4.78, 5) is 0. The SMILES string of the molecule is CN1C=C(Cl)C[N]1. The Morgan fingerprint density at radius 2 is 2.71 bits per heavy atom. The molecule has 1 rings (SSSR count). The summed E-state index contributed by atoms with van der Waals surface area (Å²) in [6.07, 6.45) is 1.79. The van der Waals surface area contributed by atoms with Crippen molar-refractivity contribution in [2.75, 3.05) is 13.6 Å². The van der Waals surface area contributed by atoms with Crippen LogP contribution in [-0.2, 0) is 0 Å². The Morgan fingerprint density at radius 3 is 2.86 bits per heavy atom. The van der Waals surface area contributed by atoms with Crippen LogP contribution in [0.15, 0.2) is 11.2 Å². The van der Waals surface area contributed by atoms with Crippen molar-refractivity contribution in [3.05, 3.63) is 11.2 Å². The van der Waals surface area contributed by atoms with Gasteiger partial charge in [0.15, 0.2) is 0 Å². The highest BCUT2D eigenvalue weighted by atomic mass is 35.5. The van der Waals surface area contributed by atoms with Crippen LogP contribution < -0.4 is 5.43 Å². The minimum Gasteiger partial charge on any atom is -0.300 e. The lowest BCUT2D eigenvalue weighted by Gasteiger charge is -2.00. The smallest absolute Gasteiger partial charge is 0.0733 e. The summed E-state index contributed by atoms with van der Waals surface area (Å²) in [6.45, 7) is 0.651. The Balaban J connectivity index is 2.50. The zero-order valence-corrected chi connectivity index (χ0v) is 4.81.